The molecule has 2 aliphatic heterocycles. The van der Waals surface area contributed by atoms with E-state index in [0.717, 1.165) is 55.3 Å². The number of aliphatic hydroxyl groups is 2. The number of piperazine rings is 1. The number of rotatable bonds is 10. The summed E-state index contributed by atoms with van der Waals surface area (Å²) in [7, 11) is 0. The fourth-order valence-corrected chi connectivity index (χ4v) is 5.44. The zero-order valence-corrected chi connectivity index (χ0v) is 21.0. The van der Waals surface area contributed by atoms with E-state index in [-0.39, 0.29) is 25.6 Å². The van der Waals surface area contributed by atoms with E-state index in [0.29, 0.717) is 26.4 Å². The maximum Gasteiger partial charge on any atom is 0.138 e. The van der Waals surface area contributed by atoms with Crippen molar-refractivity contribution in [3.63, 3.8) is 0 Å². The summed E-state index contributed by atoms with van der Waals surface area (Å²) in [6.45, 7) is 7.61. The van der Waals surface area contributed by atoms with Crippen molar-refractivity contribution >= 4 is 23.3 Å². The molecule has 1 fully saturated rings. The Labute approximate surface area is 212 Å². The van der Waals surface area contributed by atoms with Gasteiger partial charge in [-0.1, -0.05) is 42.1 Å². The number of halogens is 1. The number of para-hydroxylation sites is 1. The van der Waals surface area contributed by atoms with E-state index in [9.17, 15) is 0 Å². The molecule has 0 aliphatic carbocycles. The Morgan fingerprint density at radius 2 is 1.41 bits per heavy atom. The van der Waals surface area contributed by atoms with Gasteiger partial charge in [0.05, 0.1) is 71.5 Å². The third-order valence-corrected chi connectivity index (χ3v) is 7.46. The summed E-state index contributed by atoms with van der Waals surface area (Å²) >= 11 is 1.78. The highest BCUT2D eigenvalue weighted by Crippen LogP contribution is 2.40. The second-order valence-electron chi connectivity index (χ2n) is 8.40. The summed E-state index contributed by atoms with van der Waals surface area (Å²) in [6.07, 6.45) is 0. The number of benzene rings is 2. The average Bonchev–Trinajstić information content (AvgIpc) is 3.02. The average molecular weight is 508 g/mol. The standard InChI is InChI=1S/C25H34N3O4S.ClH/c29-15-19-31-17-13-28(14-18-32-20-16-30)11-9-27(10-12-28)25-21-5-1-3-7-23(21)33-24-8-4-2-6-22(24)26-25;/h1-8,29-30H,9-20H2;1H/q+1;/p-1. The van der Waals surface area contributed by atoms with Gasteiger partial charge >= 0.3 is 0 Å². The Morgan fingerprint density at radius 3 is 2.06 bits per heavy atom. The Hall–Kier alpha value is -1.65. The van der Waals surface area contributed by atoms with Crippen molar-refractivity contribution in [1.82, 2.24) is 4.90 Å². The van der Waals surface area contributed by atoms with E-state index < -0.39 is 0 Å². The van der Waals surface area contributed by atoms with E-state index in [2.05, 4.69) is 47.4 Å². The zero-order valence-electron chi connectivity index (χ0n) is 19.4. The molecule has 0 unspecified atom stereocenters. The Kier molecular flexibility index (Phi) is 10.7. The first-order valence-electron chi connectivity index (χ1n) is 11.7. The number of ether oxygens (including phenoxy) is 2. The van der Waals surface area contributed by atoms with Crippen LogP contribution in [0.25, 0.3) is 0 Å². The fraction of sp³-hybridized carbons (Fsp3) is 0.480. The SMILES string of the molecule is OCCOCC[N+]1(CCOCCO)CCN(C2=Nc3ccccc3Sc3ccccc32)CC1.[Cl-]. The van der Waals surface area contributed by atoms with Crippen molar-refractivity contribution in [2.75, 3.05) is 78.9 Å². The molecule has 0 aromatic heterocycles. The fourth-order valence-electron chi connectivity index (χ4n) is 4.42. The lowest BCUT2D eigenvalue weighted by Gasteiger charge is -2.45. The molecule has 1 saturated heterocycles. The molecule has 0 radical (unpaired) electrons. The summed E-state index contributed by atoms with van der Waals surface area (Å²) in [5, 5.41) is 18.0. The molecule has 9 heteroatoms. The normalized spacial score (nSPS) is 16.6. The Balaban J connectivity index is 0.00000324. The molecule has 186 valence electrons. The van der Waals surface area contributed by atoms with Crippen molar-refractivity contribution < 1.29 is 36.6 Å². The highest BCUT2D eigenvalue weighted by Gasteiger charge is 2.35. The smallest absolute Gasteiger partial charge is 0.138 e. The van der Waals surface area contributed by atoms with Gasteiger partial charge in [0, 0.05) is 15.4 Å². The van der Waals surface area contributed by atoms with Gasteiger partial charge in [0.1, 0.15) is 18.9 Å². The van der Waals surface area contributed by atoms with Gasteiger partial charge in [-0.3, -0.25) is 0 Å². The van der Waals surface area contributed by atoms with Crippen LogP contribution in [-0.2, 0) is 9.47 Å². The highest BCUT2D eigenvalue weighted by molar-refractivity contribution is 7.99. The first-order chi connectivity index (χ1) is 16.2. The maximum atomic E-state index is 9.02. The number of fused-ring (bicyclic) bond motifs is 2. The minimum atomic E-state index is 0. The summed E-state index contributed by atoms with van der Waals surface area (Å²) in [4.78, 5) is 9.98. The third kappa shape index (κ3) is 6.73. The number of nitrogens with zero attached hydrogens (tertiary/aromatic N) is 3. The molecule has 0 spiro atoms. The molecular formula is C25H34ClN3O4S. The second kappa shape index (κ2) is 13.4. The number of hydrogen-bond donors (Lipinski definition) is 2. The van der Waals surface area contributed by atoms with Crippen LogP contribution in [-0.4, -0.2) is 104 Å². The van der Waals surface area contributed by atoms with Gasteiger partial charge in [0.2, 0.25) is 0 Å². The van der Waals surface area contributed by atoms with Crippen LogP contribution in [0.2, 0.25) is 0 Å². The van der Waals surface area contributed by atoms with Crippen molar-refractivity contribution in [3.05, 3.63) is 54.1 Å². The largest absolute Gasteiger partial charge is 1.00 e. The van der Waals surface area contributed by atoms with Gasteiger partial charge in [0.15, 0.2) is 0 Å². The van der Waals surface area contributed by atoms with Gasteiger partial charge in [-0.25, -0.2) is 4.99 Å². The lowest BCUT2D eigenvalue weighted by Crippen LogP contribution is -3.00. The van der Waals surface area contributed by atoms with E-state index in [1.807, 2.05) is 6.07 Å². The van der Waals surface area contributed by atoms with Crippen molar-refractivity contribution in [2.24, 2.45) is 4.99 Å². The third-order valence-electron chi connectivity index (χ3n) is 6.32. The highest BCUT2D eigenvalue weighted by atomic mass is 35.5. The van der Waals surface area contributed by atoms with Crippen molar-refractivity contribution in [3.8, 4) is 0 Å². The summed E-state index contributed by atoms with van der Waals surface area (Å²) in [5.41, 5.74) is 2.21. The van der Waals surface area contributed by atoms with E-state index in [4.69, 9.17) is 24.7 Å². The van der Waals surface area contributed by atoms with Crippen molar-refractivity contribution in [2.45, 2.75) is 9.79 Å². The predicted octanol–water partition coefficient (Wildman–Crippen LogP) is -0.616. The van der Waals surface area contributed by atoms with Crippen LogP contribution in [0.15, 0.2) is 63.3 Å². The molecule has 7 nitrogen and oxygen atoms in total. The lowest BCUT2D eigenvalue weighted by atomic mass is 10.1. The molecule has 2 aromatic carbocycles. The van der Waals surface area contributed by atoms with Gasteiger partial charge in [-0.05, 0) is 18.2 Å². The van der Waals surface area contributed by atoms with E-state index in [1.165, 1.54) is 15.4 Å². The number of quaternary nitrogens is 1. The first kappa shape index (κ1) is 26.9. The summed E-state index contributed by atoms with van der Waals surface area (Å²) in [5.74, 6) is 1.05. The topological polar surface area (TPSA) is 74.5 Å². The number of aliphatic hydroxyl groups excluding tert-OH is 2. The molecule has 2 aromatic rings. The molecule has 2 N–H and O–H groups in total. The molecule has 4 rings (SSSR count). The van der Waals surface area contributed by atoms with E-state index >= 15 is 0 Å². The maximum absolute atomic E-state index is 9.02. The molecule has 0 atom stereocenters. The van der Waals surface area contributed by atoms with Crippen LogP contribution in [0.5, 0.6) is 0 Å². The van der Waals surface area contributed by atoms with Crippen LogP contribution in [0.1, 0.15) is 5.56 Å². The van der Waals surface area contributed by atoms with E-state index in [1.54, 1.807) is 11.8 Å². The van der Waals surface area contributed by atoms with Crippen LogP contribution in [0.4, 0.5) is 5.69 Å². The molecule has 0 bridgehead atoms. The quantitative estimate of drug-likeness (QED) is 0.330. The lowest BCUT2D eigenvalue weighted by molar-refractivity contribution is -0.932. The van der Waals surface area contributed by atoms with Gasteiger partial charge in [-0.15, -0.1) is 0 Å². The van der Waals surface area contributed by atoms with Gasteiger partial charge in [0.25, 0.3) is 0 Å². The molecule has 2 heterocycles. The Bertz CT molecular complexity index is 924. The number of hydrogen-bond acceptors (Lipinski definition) is 7. The number of aliphatic imine (C=N–C) groups is 1. The monoisotopic (exact) mass is 507 g/mol. The first-order valence-corrected chi connectivity index (χ1v) is 12.5. The summed E-state index contributed by atoms with van der Waals surface area (Å²) < 4.78 is 12.1. The van der Waals surface area contributed by atoms with Crippen molar-refractivity contribution in [1.29, 1.82) is 0 Å². The van der Waals surface area contributed by atoms with Crippen LogP contribution in [0, 0.1) is 0 Å². The molecule has 34 heavy (non-hydrogen) atoms. The minimum absolute atomic E-state index is 0. The molecular weight excluding hydrogens is 474 g/mol. The molecule has 0 saturated carbocycles. The van der Waals surface area contributed by atoms with Crippen LogP contribution >= 0.6 is 11.8 Å². The van der Waals surface area contributed by atoms with Gasteiger partial charge < -0.3 is 41.5 Å². The molecule has 2 aliphatic rings. The van der Waals surface area contributed by atoms with Crippen LogP contribution in [0.3, 0.4) is 0 Å². The zero-order chi connectivity index (χ0) is 22.9. The Morgan fingerprint density at radius 1 is 0.824 bits per heavy atom. The number of amidine groups is 1. The molecule has 0 amide bonds. The summed E-state index contributed by atoms with van der Waals surface area (Å²) in [6, 6.07) is 16.9. The minimum Gasteiger partial charge on any atom is -1.00 e. The van der Waals surface area contributed by atoms with Gasteiger partial charge in [-0.2, -0.15) is 0 Å². The van der Waals surface area contributed by atoms with Crippen LogP contribution < -0.4 is 12.4 Å². The predicted molar refractivity (Wildman–Crippen MR) is 130 cm³/mol. The second-order valence-corrected chi connectivity index (χ2v) is 9.48.